The molecule has 2 aromatic carbocycles. The first kappa shape index (κ1) is 32.9. The molecule has 1 aliphatic rings. The first-order chi connectivity index (χ1) is 20.1. The fourth-order valence-electron chi connectivity index (χ4n) is 5.69. The zero-order valence-electron chi connectivity index (χ0n) is 25.8. The van der Waals surface area contributed by atoms with Gasteiger partial charge in [0.1, 0.15) is 22.6 Å². The molecule has 3 rings (SSSR count). The number of carboxylic acids is 1. The van der Waals surface area contributed by atoms with Crippen LogP contribution in [0, 0.1) is 6.92 Å². The van der Waals surface area contributed by atoms with Crippen LogP contribution in [-0.2, 0) is 16.0 Å². The van der Waals surface area contributed by atoms with Crippen molar-refractivity contribution >= 4 is 17.8 Å². The van der Waals surface area contributed by atoms with E-state index in [0.29, 0.717) is 43.4 Å². The van der Waals surface area contributed by atoms with Crippen molar-refractivity contribution in [2.45, 2.75) is 91.3 Å². The molecule has 2 N–H and O–H groups in total. The summed E-state index contributed by atoms with van der Waals surface area (Å²) in [5.41, 5.74) is 1.75. The van der Waals surface area contributed by atoms with Crippen LogP contribution in [0.3, 0.4) is 0 Å². The SMILES string of the molecule is CCOc1cc(C(C)N(CCCCc2ccccc2)C(=O)NC2(C(=O)O)CC(OCC)C2)c(C)c(OCC)c1C(C)=O. The normalized spacial score (nSPS) is 18.5. The maximum Gasteiger partial charge on any atom is 0.329 e. The molecular formula is C33H46N2O7. The Morgan fingerprint density at radius 2 is 1.71 bits per heavy atom. The molecule has 1 saturated carbocycles. The third-order valence-corrected chi connectivity index (χ3v) is 7.92. The fraction of sp³-hybridized carbons (Fsp3) is 0.545. The minimum atomic E-state index is -1.38. The Morgan fingerprint density at radius 1 is 1.05 bits per heavy atom. The van der Waals surface area contributed by atoms with Crippen LogP contribution in [0.25, 0.3) is 0 Å². The van der Waals surface area contributed by atoms with E-state index in [0.717, 1.165) is 30.4 Å². The number of ether oxygens (including phenoxy) is 3. The van der Waals surface area contributed by atoms with E-state index < -0.39 is 23.6 Å². The molecule has 1 unspecified atom stereocenters. The Kier molecular flexibility index (Phi) is 11.8. The molecule has 1 aliphatic carbocycles. The third kappa shape index (κ3) is 7.62. The summed E-state index contributed by atoms with van der Waals surface area (Å²) in [4.78, 5) is 40.5. The van der Waals surface area contributed by atoms with Crippen molar-refractivity contribution in [1.82, 2.24) is 10.2 Å². The van der Waals surface area contributed by atoms with Crippen molar-refractivity contribution in [3.63, 3.8) is 0 Å². The first-order valence-electron chi connectivity index (χ1n) is 15.0. The number of unbranched alkanes of at least 4 members (excludes halogenated alkanes) is 1. The number of carbonyl (C=O) groups is 3. The van der Waals surface area contributed by atoms with Crippen molar-refractivity contribution in [1.29, 1.82) is 0 Å². The number of hydrogen-bond acceptors (Lipinski definition) is 6. The Balaban J connectivity index is 1.95. The van der Waals surface area contributed by atoms with Gasteiger partial charge in [-0.3, -0.25) is 4.79 Å². The number of nitrogens with zero attached hydrogens (tertiary/aromatic N) is 1. The lowest BCUT2D eigenvalue weighted by molar-refractivity contribution is -0.156. The van der Waals surface area contributed by atoms with Gasteiger partial charge < -0.3 is 29.5 Å². The molecule has 0 bridgehead atoms. The topological polar surface area (TPSA) is 114 Å². The van der Waals surface area contributed by atoms with Crippen LogP contribution in [-0.4, -0.2) is 65.8 Å². The lowest BCUT2D eigenvalue weighted by Crippen LogP contribution is -2.66. The number of carbonyl (C=O) groups excluding carboxylic acids is 2. The molecule has 42 heavy (non-hydrogen) atoms. The number of ketones is 1. The zero-order chi connectivity index (χ0) is 30.9. The number of benzene rings is 2. The van der Waals surface area contributed by atoms with Gasteiger partial charge in [0, 0.05) is 26.0 Å². The van der Waals surface area contributed by atoms with Gasteiger partial charge in [0.05, 0.1) is 25.4 Å². The molecule has 0 heterocycles. The molecule has 2 amide bonds. The number of hydrogen-bond donors (Lipinski definition) is 2. The van der Waals surface area contributed by atoms with Crippen molar-refractivity contribution in [2.75, 3.05) is 26.4 Å². The van der Waals surface area contributed by atoms with Crippen LogP contribution in [0.2, 0.25) is 0 Å². The minimum Gasteiger partial charge on any atom is -0.493 e. The Bertz CT molecular complexity index is 1220. The maximum atomic E-state index is 13.9. The summed E-state index contributed by atoms with van der Waals surface area (Å²) in [5, 5.41) is 12.9. The van der Waals surface area contributed by atoms with Gasteiger partial charge in [0.25, 0.3) is 0 Å². The van der Waals surface area contributed by atoms with Crippen LogP contribution in [0.1, 0.15) is 93.4 Å². The molecular weight excluding hydrogens is 536 g/mol. The number of urea groups is 1. The average Bonchev–Trinajstić information content (AvgIpc) is 2.93. The Labute approximate surface area is 249 Å². The van der Waals surface area contributed by atoms with Gasteiger partial charge in [-0.1, -0.05) is 30.3 Å². The van der Waals surface area contributed by atoms with Gasteiger partial charge in [-0.25, -0.2) is 9.59 Å². The van der Waals surface area contributed by atoms with Gasteiger partial charge in [0.2, 0.25) is 0 Å². The van der Waals surface area contributed by atoms with E-state index in [1.54, 1.807) is 4.90 Å². The molecule has 9 heteroatoms. The van der Waals surface area contributed by atoms with Crippen molar-refractivity contribution in [3.05, 3.63) is 58.7 Å². The van der Waals surface area contributed by atoms with Gasteiger partial charge in [0.15, 0.2) is 5.78 Å². The highest BCUT2D eigenvalue weighted by Gasteiger charge is 2.53. The molecule has 0 saturated heterocycles. The van der Waals surface area contributed by atoms with E-state index in [4.69, 9.17) is 14.2 Å². The molecule has 0 aliphatic heterocycles. The molecule has 9 nitrogen and oxygen atoms in total. The second-order valence-electron chi connectivity index (χ2n) is 10.8. The predicted molar refractivity (Wildman–Crippen MR) is 162 cm³/mol. The summed E-state index contributed by atoms with van der Waals surface area (Å²) in [6.45, 7) is 12.4. The van der Waals surface area contributed by atoms with E-state index in [2.05, 4.69) is 17.4 Å². The van der Waals surface area contributed by atoms with Crippen molar-refractivity contribution in [3.8, 4) is 11.5 Å². The fourth-order valence-corrected chi connectivity index (χ4v) is 5.69. The molecule has 0 radical (unpaired) electrons. The minimum absolute atomic E-state index is 0.169. The van der Waals surface area contributed by atoms with Crippen LogP contribution >= 0.6 is 0 Å². The number of aryl methyl sites for hydroxylation is 1. The molecule has 230 valence electrons. The molecule has 0 aromatic heterocycles. The van der Waals surface area contributed by atoms with Crippen LogP contribution < -0.4 is 14.8 Å². The van der Waals surface area contributed by atoms with Crippen LogP contribution in [0.4, 0.5) is 4.79 Å². The number of rotatable bonds is 16. The highest BCUT2D eigenvalue weighted by atomic mass is 16.5. The molecule has 2 aromatic rings. The number of aliphatic carboxylic acids is 1. The summed E-state index contributed by atoms with van der Waals surface area (Å²) in [7, 11) is 0. The van der Waals surface area contributed by atoms with E-state index in [-0.39, 0.29) is 24.7 Å². The Hall–Kier alpha value is -3.59. The highest BCUT2D eigenvalue weighted by Crippen LogP contribution is 2.40. The smallest absolute Gasteiger partial charge is 0.329 e. The number of amides is 2. The number of carboxylic acid groups (broad SMARTS) is 1. The van der Waals surface area contributed by atoms with Crippen molar-refractivity contribution < 1.29 is 33.7 Å². The summed E-state index contributed by atoms with van der Waals surface area (Å²) in [5.74, 6) is -0.381. The van der Waals surface area contributed by atoms with Gasteiger partial charge in [-0.15, -0.1) is 0 Å². The third-order valence-electron chi connectivity index (χ3n) is 7.92. The predicted octanol–water partition coefficient (Wildman–Crippen LogP) is 6.11. The quantitative estimate of drug-likeness (QED) is 0.181. The standard InChI is InChI=1S/C33H46N2O7/c1-7-40-26-20-33(21-26,31(37)38)34-32(39)35(18-14-13-17-25-15-11-10-12-16-25)23(5)27-19-28(41-8-2)29(24(6)36)30(22(27)4)42-9-3/h10-12,15-16,19,23,26H,7-9,13-14,17-18,20-21H2,1-6H3,(H,34,39)(H,37,38). The van der Waals surface area contributed by atoms with Crippen LogP contribution in [0.15, 0.2) is 36.4 Å². The maximum absolute atomic E-state index is 13.9. The second-order valence-corrected chi connectivity index (χ2v) is 10.8. The average molecular weight is 583 g/mol. The van der Waals surface area contributed by atoms with Gasteiger partial charge >= 0.3 is 12.0 Å². The largest absolute Gasteiger partial charge is 0.493 e. The molecule has 1 atom stereocenters. The molecule has 0 spiro atoms. The van der Waals surface area contributed by atoms with Gasteiger partial charge in [-0.2, -0.15) is 0 Å². The summed E-state index contributed by atoms with van der Waals surface area (Å²) < 4.78 is 17.4. The number of Topliss-reactive ketones (excluding diaryl/α,β-unsaturated/α-hetero) is 1. The second kappa shape index (κ2) is 15.0. The first-order valence-corrected chi connectivity index (χ1v) is 15.0. The van der Waals surface area contributed by atoms with Gasteiger partial charge in [-0.05, 0) is 83.6 Å². The zero-order valence-corrected chi connectivity index (χ0v) is 25.8. The van der Waals surface area contributed by atoms with E-state index in [1.165, 1.54) is 12.5 Å². The van der Waals surface area contributed by atoms with Crippen LogP contribution in [0.5, 0.6) is 11.5 Å². The van der Waals surface area contributed by atoms with E-state index in [9.17, 15) is 19.5 Å². The lowest BCUT2D eigenvalue weighted by atomic mass is 9.74. The lowest BCUT2D eigenvalue weighted by Gasteiger charge is -2.45. The van der Waals surface area contributed by atoms with Crippen molar-refractivity contribution in [2.24, 2.45) is 0 Å². The molecule has 1 fully saturated rings. The number of nitrogens with one attached hydrogen (secondary N) is 1. The van der Waals surface area contributed by atoms with E-state index in [1.807, 2.05) is 58.9 Å². The summed E-state index contributed by atoms with van der Waals surface area (Å²) >= 11 is 0. The summed E-state index contributed by atoms with van der Waals surface area (Å²) in [6, 6.07) is 11.1. The monoisotopic (exact) mass is 582 g/mol. The summed E-state index contributed by atoms with van der Waals surface area (Å²) in [6.07, 6.45) is 2.67. The Morgan fingerprint density at radius 3 is 2.29 bits per heavy atom. The highest BCUT2D eigenvalue weighted by molar-refractivity contribution is 6.00. The van der Waals surface area contributed by atoms with E-state index >= 15 is 0 Å².